The summed E-state index contributed by atoms with van der Waals surface area (Å²) in [6.07, 6.45) is -2.21. The molecule has 0 spiro atoms. The lowest BCUT2D eigenvalue weighted by molar-refractivity contribution is -0.138. The maximum absolute atomic E-state index is 13.4. The van der Waals surface area contributed by atoms with Crippen LogP contribution in [0, 0.1) is 11.6 Å². The zero-order valence-electron chi connectivity index (χ0n) is 20.7. The van der Waals surface area contributed by atoms with Gasteiger partial charge in [0.1, 0.15) is 17.3 Å². The van der Waals surface area contributed by atoms with E-state index in [1.165, 1.54) is 30.5 Å². The van der Waals surface area contributed by atoms with Crippen LogP contribution in [0.15, 0.2) is 57.9 Å². The van der Waals surface area contributed by atoms with E-state index in [1.54, 1.807) is 0 Å². The number of hydrogen-bond acceptors (Lipinski definition) is 6. The quantitative estimate of drug-likeness (QED) is 0.249. The van der Waals surface area contributed by atoms with Gasteiger partial charge in [-0.1, -0.05) is 25.3 Å². The van der Waals surface area contributed by atoms with Gasteiger partial charge in [-0.2, -0.15) is 27.1 Å². The average Bonchev–Trinajstić information content (AvgIpc) is 3.41. The van der Waals surface area contributed by atoms with Crippen molar-refractivity contribution in [3.8, 4) is 11.6 Å². The molecule has 14 heteroatoms. The van der Waals surface area contributed by atoms with Gasteiger partial charge in [-0.3, -0.25) is 9.78 Å². The summed E-state index contributed by atoms with van der Waals surface area (Å²) in [6, 6.07) is 7.97. The van der Waals surface area contributed by atoms with Crippen LogP contribution >= 0.6 is 0 Å². The number of aromatic nitrogens is 5. The molecular formula is C26H22F7N5O2. The topological polar surface area (TPSA) is 86.7 Å². The molecule has 1 aliphatic carbocycles. The molecule has 0 unspecified atom stereocenters. The van der Waals surface area contributed by atoms with E-state index in [1.807, 2.05) is 0 Å². The van der Waals surface area contributed by atoms with E-state index < -0.39 is 47.8 Å². The van der Waals surface area contributed by atoms with Gasteiger partial charge in [0, 0.05) is 17.8 Å². The van der Waals surface area contributed by atoms with Gasteiger partial charge in [0.25, 0.3) is 17.3 Å². The van der Waals surface area contributed by atoms with Crippen LogP contribution in [0.3, 0.4) is 0 Å². The van der Waals surface area contributed by atoms with Crippen molar-refractivity contribution < 1.29 is 35.2 Å². The van der Waals surface area contributed by atoms with Gasteiger partial charge >= 0.3 is 12.6 Å². The highest BCUT2D eigenvalue weighted by Crippen LogP contribution is 2.33. The zero-order valence-corrected chi connectivity index (χ0v) is 20.7. The Labute approximate surface area is 222 Å². The molecule has 0 bridgehead atoms. The molecule has 7 nitrogen and oxygen atoms in total. The van der Waals surface area contributed by atoms with Crippen molar-refractivity contribution >= 4 is 0 Å². The maximum atomic E-state index is 13.4. The number of halogens is 7. The minimum Gasteiger partial charge on any atom is -0.413 e. The van der Waals surface area contributed by atoms with E-state index in [4.69, 9.17) is 4.42 Å². The zero-order chi connectivity index (χ0) is 28.9. The SMILES string of the molecule is Fc1cccc(F)c1.O=c1c(C2CCCCC2)cc(-c2nnc(C(F)F)o2)nn1Cc1ncccc1C(F)(F)F. The molecule has 212 valence electrons. The second-order valence-corrected chi connectivity index (χ2v) is 8.96. The van der Waals surface area contributed by atoms with Gasteiger partial charge in [-0.15, -0.1) is 10.2 Å². The summed E-state index contributed by atoms with van der Waals surface area (Å²) in [5, 5.41) is 10.9. The molecule has 0 atom stereocenters. The van der Waals surface area contributed by atoms with Crippen LogP contribution in [-0.4, -0.2) is 25.0 Å². The lowest BCUT2D eigenvalue weighted by atomic mass is 9.84. The third-order valence-electron chi connectivity index (χ3n) is 6.18. The Bertz CT molecular complexity index is 1480. The highest BCUT2D eigenvalue weighted by Gasteiger charge is 2.34. The number of nitrogens with zero attached hydrogens (tertiary/aromatic N) is 5. The fraction of sp³-hybridized carbons (Fsp3) is 0.346. The molecule has 0 amide bonds. The van der Waals surface area contributed by atoms with Gasteiger partial charge in [-0.05, 0) is 49.1 Å². The Kier molecular flexibility index (Phi) is 8.95. The monoisotopic (exact) mass is 569 g/mol. The molecule has 3 aromatic heterocycles. The fourth-order valence-corrected chi connectivity index (χ4v) is 4.33. The van der Waals surface area contributed by atoms with Crippen molar-refractivity contribution in [1.29, 1.82) is 0 Å². The summed E-state index contributed by atoms with van der Waals surface area (Å²) in [5.41, 5.74) is -1.67. The van der Waals surface area contributed by atoms with Crippen molar-refractivity contribution in [2.24, 2.45) is 0 Å². The van der Waals surface area contributed by atoms with Crippen molar-refractivity contribution in [3.05, 3.63) is 93.4 Å². The van der Waals surface area contributed by atoms with Crippen molar-refractivity contribution in [2.75, 3.05) is 0 Å². The minimum absolute atomic E-state index is 0.0611. The van der Waals surface area contributed by atoms with E-state index in [9.17, 15) is 35.5 Å². The molecule has 0 aliphatic heterocycles. The van der Waals surface area contributed by atoms with E-state index >= 15 is 0 Å². The second kappa shape index (κ2) is 12.4. The van der Waals surface area contributed by atoms with Gasteiger partial charge in [-0.25, -0.2) is 13.5 Å². The smallest absolute Gasteiger partial charge is 0.413 e. The maximum Gasteiger partial charge on any atom is 0.418 e. The number of alkyl halides is 5. The Balaban J connectivity index is 0.000000398. The van der Waals surface area contributed by atoms with Crippen LogP contribution in [0.5, 0.6) is 0 Å². The van der Waals surface area contributed by atoms with Crippen LogP contribution in [0.2, 0.25) is 0 Å². The Morgan fingerprint density at radius 1 is 0.975 bits per heavy atom. The molecule has 1 saturated carbocycles. The molecule has 5 rings (SSSR count). The Morgan fingerprint density at radius 2 is 1.68 bits per heavy atom. The molecule has 3 heterocycles. The van der Waals surface area contributed by atoms with Crippen LogP contribution in [0.1, 0.15) is 67.2 Å². The van der Waals surface area contributed by atoms with E-state index in [0.717, 1.165) is 55.0 Å². The summed E-state index contributed by atoms with van der Waals surface area (Å²) in [6.45, 7) is -0.558. The minimum atomic E-state index is -4.67. The lowest BCUT2D eigenvalue weighted by Gasteiger charge is -2.22. The normalized spacial score (nSPS) is 14.2. The first-order chi connectivity index (χ1) is 19.0. The average molecular weight is 569 g/mol. The Hall–Kier alpha value is -4.10. The Morgan fingerprint density at radius 3 is 2.25 bits per heavy atom. The van der Waals surface area contributed by atoms with Gasteiger partial charge in [0.15, 0.2) is 0 Å². The van der Waals surface area contributed by atoms with Gasteiger partial charge in [0.2, 0.25) is 0 Å². The van der Waals surface area contributed by atoms with Crippen molar-refractivity contribution in [3.63, 3.8) is 0 Å². The molecule has 4 aromatic rings. The fourth-order valence-electron chi connectivity index (χ4n) is 4.33. The molecular weight excluding hydrogens is 547 g/mol. The molecule has 0 N–H and O–H groups in total. The second-order valence-electron chi connectivity index (χ2n) is 8.96. The largest absolute Gasteiger partial charge is 0.418 e. The third kappa shape index (κ3) is 7.10. The van der Waals surface area contributed by atoms with Crippen LogP contribution in [-0.2, 0) is 12.7 Å². The molecule has 0 radical (unpaired) electrons. The standard InChI is InChI=1S/C20H18F5N5O2.C6H4F2/c21-16(22)18-28-27-17(32-18)14-9-12(11-5-2-1-3-6-11)19(31)30(29-14)10-15-13(20(23,24)25)7-4-8-26-15;7-5-2-1-3-6(8)4-5/h4,7-9,11,16H,1-3,5-6,10H2;1-4H. The predicted octanol–water partition coefficient (Wildman–Crippen LogP) is 6.71. The summed E-state index contributed by atoms with van der Waals surface area (Å²) >= 11 is 0. The highest BCUT2D eigenvalue weighted by molar-refractivity contribution is 5.47. The lowest BCUT2D eigenvalue weighted by Crippen LogP contribution is -2.30. The van der Waals surface area contributed by atoms with E-state index in [2.05, 4.69) is 20.3 Å². The highest BCUT2D eigenvalue weighted by atomic mass is 19.4. The first kappa shape index (κ1) is 28.9. The summed E-state index contributed by atoms with van der Waals surface area (Å²) in [7, 11) is 0. The van der Waals surface area contributed by atoms with Crippen LogP contribution in [0.25, 0.3) is 11.6 Å². The van der Waals surface area contributed by atoms with Crippen LogP contribution in [0.4, 0.5) is 30.7 Å². The number of hydrogen-bond donors (Lipinski definition) is 0. The van der Waals surface area contributed by atoms with Gasteiger partial charge < -0.3 is 4.42 Å². The first-order valence-corrected chi connectivity index (χ1v) is 12.2. The molecule has 0 saturated heterocycles. The number of pyridine rings is 1. The summed E-state index contributed by atoms with van der Waals surface area (Å²) < 4.78 is 95.6. The third-order valence-corrected chi connectivity index (χ3v) is 6.18. The van der Waals surface area contributed by atoms with Crippen molar-refractivity contribution in [2.45, 2.75) is 57.2 Å². The summed E-state index contributed by atoms with van der Waals surface area (Å²) in [5.74, 6) is -2.46. The summed E-state index contributed by atoms with van der Waals surface area (Å²) in [4.78, 5) is 16.9. The first-order valence-electron chi connectivity index (χ1n) is 12.2. The molecule has 1 fully saturated rings. The molecule has 40 heavy (non-hydrogen) atoms. The number of rotatable bonds is 5. The predicted molar refractivity (Wildman–Crippen MR) is 127 cm³/mol. The van der Waals surface area contributed by atoms with Crippen molar-refractivity contribution in [1.82, 2.24) is 25.0 Å². The van der Waals surface area contributed by atoms with E-state index in [-0.39, 0.29) is 23.2 Å². The molecule has 1 aliphatic rings. The van der Waals surface area contributed by atoms with Crippen LogP contribution < -0.4 is 5.56 Å². The molecule has 1 aromatic carbocycles. The van der Waals surface area contributed by atoms with Gasteiger partial charge in [0.05, 0.1) is 17.8 Å². The van der Waals surface area contributed by atoms with E-state index in [0.29, 0.717) is 5.56 Å². The number of benzene rings is 1.